The molecule has 0 fully saturated rings. The summed E-state index contributed by atoms with van der Waals surface area (Å²) in [6, 6.07) is 14.4. The summed E-state index contributed by atoms with van der Waals surface area (Å²) in [6.45, 7) is 6.39. The summed E-state index contributed by atoms with van der Waals surface area (Å²) < 4.78 is 0. The number of hydrogen-bond donors (Lipinski definition) is 1. The maximum Gasteiger partial charge on any atom is 0.104 e. The van der Waals surface area contributed by atoms with Gasteiger partial charge in [0.15, 0.2) is 0 Å². The maximum absolute atomic E-state index is 10.5. The van der Waals surface area contributed by atoms with Crippen molar-refractivity contribution in [2.24, 2.45) is 0 Å². The fraction of sp³-hybridized carbons (Fsp3) is 0.333. The van der Waals surface area contributed by atoms with Gasteiger partial charge in [0.1, 0.15) is 6.10 Å². The number of aliphatic hydroxyl groups excluding tert-OH is 1. The van der Waals surface area contributed by atoms with Crippen molar-refractivity contribution in [3.63, 3.8) is 0 Å². The van der Waals surface area contributed by atoms with Gasteiger partial charge < -0.3 is 5.11 Å². The van der Waals surface area contributed by atoms with Gasteiger partial charge in [0, 0.05) is 0 Å². The number of aryl methyl sites for hydroxylation is 3. The standard InChI is InChI=1S/C18H22O/c1-4-14-10-11-17(12-15(14)5-2)18(19)16-8-6-13(3)7-9-16/h6-12,18-19H,4-5H2,1-3H3. The smallest absolute Gasteiger partial charge is 0.104 e. The zero-order valence-corrected chi connectivity index (χ0v) is 12.0. The van der Waals surface area contributed by atoms with Gasteiger partial charge in [-0.2, -0.15) is 0 Å². The molecular formula is C18H22O. The van der Waals surface area contributed by atoms with E-state index in [2.05, 4.69) is 32.9 Å². The van der Waals surface area contributed by atoms with Crippen molar-refractivity contribution in [3.05, 3.63) is 70.3 Å². The Hall–Kier alpha value is -1.60. The van der Waals surface area contributed by atoms with Gasteiger partial charge in [0.25, 0.3) is 0 Å². The first-order valence-electron chi connectivity index (χ1n) is 7.02. The van der Waals surface area contributed by atoms with Crippen LogP contribution in [-0.2, 0) is 12.8 Å². The van der Waals surface area contributed by atoms with Crippen LogP contribution >= 0.6 is 0 Å². The minimum atomic E-state index is -0.531. The van der Waals surface area contributed by atoms with Crippen molar-refractivity contribution in [2.45, 2.75) is 39.7 Å². The lowest BCUT2D eigenvalue weighted by Gasteiger charge is -2.15. The fourth-order valence-corrected chi connectivity index (χ4v) is 2.43. The highest BCUT2D eigenvalue weighted by Crippen LogP contribution is 2.25. The van der Waals surface area contributed by atoms with E-state index in [1.54, 1.807) is 0 Å². The van der Waals surface area contributed by atoms with Crippen LogP contribution in [0.15, 0.2) is 42.5 Å². The highest BCUT2D eigenvalue weighted by molar-refractivity contribution is 5.37. The summed E-state index contributed by atoms with van der Waals surface area (Å²) >= 11 is 0. The van der Waals surface area contributed by atoms with Gasteiger partial charge in [-0.3, -0.25) is 0 Å². The molecule has 0 bridgehead atoms. The molecule has 0 radical (unpaired) electrons. The first-order valence-corrected chi connectivity index (χ1v) is 7.02. The fourth-order valence-electron chi connectivity index (χ4n) is 2.43. The van der Waals surface area contributed by atoms with E-state index in [1.807, 2.05) is 30.3 Å². The molecular weight excluding hydrogens is 232 g/mol. The molecule has 100 valence electrons. The van der Waals surface area contributed by atoms with E-state index in [4.69, 9.17) is 0 Å². The van der Waals surface area contributed by atoms with Crippen molar-refractivity contribution in [1.29, 1.82) is 0 Å². The SMILES string of the molecule is CCc1ccc(C(O)c2ccc(C)cc2)cc1CC. The van der Waals surface area contributed by atoms with Gasteiger partial charge in [0.05, 0.1) is 0 Å². The Labute approximate surface area is 115 Å². The van der Waals surface area contributed by atoms with Gasteiger partial charge in [-0.15, -0.1) is 0 Å². The van der Waals surface area contributed by atoms with Crippen molar-refractivity contribution in [1.82, 2.24) is 0 Å². The van der Waals surface area contributed by atoms with Gasteiger partial charge in [0.2, 0.25) is 0 Å². The molecule has 0 heterocycles. The van der Waals surface area contributed by atoms with Crippen molar-refractivity contribution >= 4 is 0 Å². The largest absolute Gasteiger partial charge is 0.384 e. The summed E-state index contributed by atoms with van der Waals surface area (Å²) in [5.41, 5.74) is 5.87. The van der Waals surface area contributed by atoms with Crippen LogP contribution in [-0.4, -0.2) is 5.11 Å². The second-order valence-electron chi connectivity index (χ2n) is 5.05. The Balaban J connectivity index is 2.33. The molecule has 0 aliphatic heterocycles. The Morgan fingerprint density at radius 2 is 1.42 bits per heavy atom. The summed E-state index contributed by atoms with van der Waals surface area (Å²) in [4.78, 5) is 0. The molecule has 0 saturated heterocycles. The molecule has 1 unspecified atom stereocenters. The van der Waals surface area contributed by atoms with E-state index in [0.717, 1.165) is 24.0 Å². The second-order valence-corrected chi connectivity index (χ2v) is 5.05. The maximum atomic E-state index is 10.5. The van der Waals surface area contributed by atoms with Crippen LogP contribution in [0.2, 0.25) is 0 Å². The molecule has 2 aromatic carbocycles. The van der Waals surface area contributed by atoms with Gasteiger partial charge in [-0.25, -0.2) is 0 Å². The lowest BCUT2D eigenvalue weighted by Crippen LogP contribution is -2.02. The average Bonchev–Trinajstić information content (AvgIpc) is 2.46. The molecule has 1 heteroatoms. The van der Waals surface area contributed by atoms with Crippen LogP contribution in [0.1, 0.15) is 47.8 Å². The third-order valence-corrected chi connectivity index (χ3v) is 3.70. The van der Waals surface area contributed by atoms with Crippen LogP contribution in [0.25, 0.3) is 0 Å². The molecule has 0 spiro atoms. The van der Waals surface area contributed by atoms with Gasteiger partial charge in [-0.05, 0) is 42.0 Å². The average molecular weight is 254 g/mol. The molecule has 1 nitrogen and oxygen atoms in total. The third kappa shape index (κ3) is 3.05. The molecule has 0 aliphatic carbocycles. The minimum Gasteiger partial charge on any atom is -0.384 e. The molecule has 19 heavy (non-hydrogen) atoms. The molecule has 2 rings (SSSR count). The molecule has 1 atom stereocenters. The second kappa shape index (κ2) is 6.03. The monoisotopic (exact) mass is 254 g/mol. The first-order chi connectivity index (χ1) is 9.15. The quantitative estimate of drug-likeness (QED) is 0.867. The molecule has 0 aliphatic rings. The molecule has 2 aromatic rings. The topological polar surface area (TPSA) is 20.2 Å². The van der Waals surface area contributed by atoms with Crippen molar-refractivity contribution in [2.75, 3.05) is 0 Å². The Morgan fingerprint density at radius 3 is 2.00 bits per heavy atom. The Bertz CT molecular complexity index is 540. The summed E-state index contributed by atoms with van der Waals surface area (Å²) in [5, 5.41) is 10.5. The van der Waals surface area contributed by atoms with Crippen LogP contribution < -0.4 is 0 Å². The summed E-state index contributed by atoms with van der Waals surface area (Å²) in [5.74, 6) is 0. The molecule has 1 N–H and O–H groups in total. The first kappa shape index (κ1) is 13.8. The lowest BCUT2D eigenvalue weighted by molar-refractivity contribution is 0.220. The summed E-state index contributed by atoms with van der Waals surface area (Å²) in [6.07, 6.45) is 1.53. The third-order valence-electron chi connectivity index (χ3n) is 3.70. The van der Waals surface area contributed by atoms with Gasteiger partial charge >= 0.3 is 0 Å². The number of aliphatic hydroxyl groups is 1. The number of rotatable bonds is 4. The van der Waals surface area contributed by atoms with E-state index in [1.165, 1.54) is 16.7 Å². The van der Waals surface area contributed by atoms with E-state index < -0.39 is 6.10 Å². The molecule has 0 aromatic heterocycles. The van der Waals surface area contributed by atoms with Crippen LogP contribution in [0.3, 0.4) is 0 Å². The zero-order valence-electron chi connectivity index (χ0n) is 12.0. The van der Waals surface area contributed by atoms with Crippen LogP contribution in [0.5, 0.6) is 0 Å². The molecule has 0 saturated carbocycles. The lowest BCUT2D eigenvalue weighted by atomic mass is 9.94. The normalized spacial score (nSPS) is 12.4. The van der Waals surface area contributed by atoms with E-state index in [0.29, 0.717) is 0 Å². The van der Waals surface area contributed by atoms with E-state index in [-0.39, 0.29) is 0 Å². The predicted octanol–water partition coefficient (Wildman–Crippen LogP) is 4.20. The molecule has 0 amide bonds. The summed E-state index contributed by atoms with van der Waals surface area (Å²) in [7, 11) is 0. The van der Waals surface area contributed by atoms with E-state index >= 15 is 0 Å². The zero-order chi connectivity index (χ0) is 13.8. The Kier molecular flexibility index (Phi) is 4.39. The highest BCUT2D eigenvalue weighted by Gasteiger charge is 2.11. The van der Waals surface area contributed by atoms with E-state index in [9.17, 15) is 5.11 Å². The van der Waals surface area contributed by atoms with Crippen molar-refractivity contribution < 1.29 is 5.11 Å². The highest BCUT2D eigenvalue weighted by atomic mass is 16.3. The minimum absolute atomic E-state index is 0.531. The number of hydrogen-bond acceptors (Lipinski definition) is 1. The predicted molar refractivity (Wildman–Crippen MR) is 80.4 cm³/mol. The van der Waals surface area contributed by atoms with Crippen molar-refractivity contribution in [3.8, 4) is 0 Å². The number of benzene rings is 2. The van der Waals surface area contributed by atoms with Crippen LogP contribution in [0, 0.1) is 6.92 Å². The Morgan fingerprint density at radius 1 is 0.842 bits per heavy atom. The van der Waals surface area contributed by atoms with Gasteiger partial charge in [-0.1, -0.05) is 61.9 Å². The van der Waals surface area contributed by atoms with Crippen LogP contribution in [0.4, 0.5) is 0 Å².